The maximum absolute atomic E-state index is 12.2. The van der Waals surface area contributed by atoms with Crippen LogP contribution in [0.2, 0.25) is 0 Å². The lowest BCUT2D eigenvalue weighted by Crippen LogP contribution is -2.12. The Balaban J connectivity index is 1.64. The molecule has 0 spiro atoms. The van der Waals surface area contributed by atoms with Crippen LogP contribution in [0.4, 0.5) is 11.4 Å². The summed E-state index contributed by atoms with van der Waals surface area (Å²) in [5, 5.41) is 13.3. The van der Waals surface area contributed by atoms with Gasteiger partial charge in [-0.05, 0) is 48.5 Å². The van der Waals surface area contributed by atoms with Gasteiger partial charge in [-0.25, -0.2) is 4.79 Å². The zero-order valence-electron chi connectivity index (χ0n) is 14.0. The Morgan fingerprint density at radius 3 is 2.00 bits per heavy atom. The maximum atomic E-state index is 12.2. The molecular weight excluding hydrogens is 348 g/mol. The normalized spacial score (nSPS) is 10.1. The van der Waals surface area contributed by atoms with Gasteiger partial charge in [-0.3, -0.25) is 14.9 Å². The Hall–Kier alpha value is -4.00. The van der Waals surface area contributed by atoms with Crippen LogP contribution in [0.15, 0.2) is 78.9 Å². The van der Waals surface area contributed by atoms with Crippen molar-refractivity contribution in [3.8, 4) is 5.75 Å². The van der Waals surface area contributed by atoms with Gasteiger partial charge in [-0.2, -0.15) is 0 Å². The van der Waals surface area contributed by atoms with Crippen molar-refractivity contribution < 1.29 is 19.2 Å². The minimum atomic E-state index is -0.533. The summed E-state index contributed by atoms with van der Waals surface area (Å²) in [4.78, 5) is 34.4. The first kappa shape index (κ1) is 17.8. The standard InChI is InChI=1S/C20H14N2O5/c23-19(14-8-12-17(13-9-14)22(25)26)21-16-10-6-15(7-11-16)20(24)27-18-4-2-1-3-5-18/h1-13H,(H,21,23). The average molecular weight is 362 g/mol. The van der Waals surface area contributed by atoms with Gasteiger partial charge in [0.25, 0.3) is 11.6 Å². The number of nitrogens with zero attached hydrogens (tertiary/aromatic N) is 1. The number of esters is 1. The monoisotopic (exact) mass is 362 g/mol. The molecule has 27 heavy (non-hydrogen) atoms. The maximum Gasteiger partial charge on any atom is 0.343 e. The Kier molecular flexibility index (Phi) is 5.22. The van der Waals surface area contributed by atoms with Crippen molar-refractivity contribution in [3.05, 3.63) is 100 Å². The van der Waals surface area contributed by atoms with E-state index in [9.17, 15) is 19.7 Å². The van der Waals surface area contributed by atoms with Crippen molar-refractivity contribution in [1.82, 2.24) is 0 Å². The van der Waals surface area contributed by atoms with Crippen molar-refractivity contribution in [2.75, 3.05) is 5.32 Å². The Bertz CT molecular complexity index is 968. The lowest BCUT2D eigenvalue weighted by Gasteiger charge is -2.07. The van der Waals surface area contributed by atoms with Crippen molar-refractivity contribution in [1.29, 1.82) is 0 Å². The number of ether oxygens (including phenoxy) is 1. The number of non-ortho nitro benzene ring substituents is 1. The number of para-hydroxylation sites is 1. The first-order chi connectivity index (χ1) is 13.0. The van der Waals surface area contributed by atoms with E-state index in [2.05, 4.69) is 5.32 Å². The highest BCUT2D eigenvalue weighted by Gasteiger charge is 2.11. The smallest absolute Gasteiger partial charge is 0.343 e. The van der Waals surface area contributed by atoms with E-state index in [1.54, 1.807) is 36.4 Å². The largest absolute Gasteiger partial charge is 0.423 e. The van der Waals surface area contributed by atoms with E-state index in [0.717, 1.165) is 0 Å². The molecule has 0 fully saturated rings. The second-order valence-electron chi connectivity index (χ2n) is 5.54. The van der Waals surface area contributed by atoms with Crippen LogP contribution in [0, 0.1) is 10.1 Å². The highest BCUT2D eigenvalue weighted by molar-refractivity contribution is 6.04. The lowest BCUT2D eigenvalue weighted by atomic mass is 10.1. The predicted molar refractivity (Wildman–Crippen MR) is 98.9 cm³/mol. The Morgan fingerprint density at radius 2 is 1.41 bits per heavy atom. The summed E-state index contributed by atoms with van der Waals surface area (Å²) < 4.78 is 5.24. The number of nitro groups is 1. The molecule has 134 valence electrons. The van der Waals surface area contributed by atoms with Crippen LogP contribution < -0.4 is 10.1 Å². The molecule has 3 aromatic rings. The van der Waals surface area contributed by atoms with Gasteiger partial charge in [0, 0.05) is 23.4 Å². The minimum absolute atomic E-state index is 0.0900. The zero-order chi connectivity index (χ0) is 19.2. The molecule has 0 heterocycles. The molecule has 0 aliphatic heterocycles. The summed E-state index contributed by atoms with van der Waals surface area (Å²) in [6, 6.07) is 20.2. The predicted octanol–water partition coefficient (Wildman–Crippen LogP) is 4.07. The van der Waals surface area contributed by atoms with Crippen LogP contribution in [0.25, 0.3) is 0 Å². The van der Waals surface area contributed by atoms with Crippen molar-refractivity contribution in [3.63, 3.8) is 0 Å². The number of amides is 1. The van der Waals surface area contributed by atoms with Crippen LogP contribution >= 0.6 is 0 Å². The average Bonchev–Trinajstić information content (AvgIpc) is 2.69. The van der Waals surface area contributed by atoms with Gasteiger partial charge in [-0.1, -0.05) is 18.2 Å². The number of nitro benzene ring substituents is 1. The molecular formula is C20H14N2O5. The molecule has 7 nitrogen and oxygen atoms in total. The van der Waals surface area contributed by atoms with Crippen LogP contribution in [0.1, 0.15) is 20.7 Å². The number of anilines is 1. The third-order valence-corrected chi connectivity index (χ3v) is 3.67. The molecule has 0 radical (unpaired) electrons. The Labute approximate surface area is 154 Å². The fourth-order valence-corrected chi connectivity index (χ4v) is 2.28. The van der Waals surface area contributed by atoms with E-state index >= 15 is 0 Å². The molecule has 1 N–H and O–H groups in total. The topological polar surface area (TPSA) is 98.5 Å². The second kappa shape index (κ2) is 7.92. The summed E-state index contributed by atoms with van der Waals surface area (Å²) in [7, 11) is 0. The summed E-state index contributed by atoms with van der Waals surface area (Å²) >= 11 is 0. The fraction of sp³-hybridized carbons (Fsp3) is 0. The molecule has 0 unspecified atom stereocenters. The summed E-state index contributed by atoms with van der Waals surface area (Å²) in [5.41, 5.74) is 1.02. The van der Waals surface area contributed by atoms with Gasteiger partial charge in [-0.15, -0.1) is 0 Å². The second-order valence-corrected chi connectivity index (χ2v) is 5.54. The van der Waals surface area contributed by atoms with E-state index in [1.807, 2.05) is 6.07 Å². The highest BCUT2D eigenvalue weighted by Crippen LogP contribution is 2.16. The van der Waals surface area contributed by atoms with E-state index < -0.39 is 16.8 Å². The van der Waals surface area contributed by atoms with Crippen LogP contribution in [-0.4, -0.2) is 16.8 Å². The van der Waals surface area contributed by atoms with Crippen molar-refractivity contribution in [2.24, 2.45) is 0 Å². The number of hydrogen-bond donors (Lipinski definition) is 1. The van der Waals surface area contributed by atoms with Gasteiger partial charge in [0.05, 0.1) is 10.5 Å². The number of hydrogen-bond acceptors (Lipinski definition) is 5. The van der Waals surface area contributed by atoms with Gasteiger partial charge in [0.1, 0.15) is 5.75 Å². The number of nitrogens with one attached hydrogen (secondary N) is 1. The molecule has 3 aromatic carbocycles. The number of carbonyl (C=O) groups is 2. The van der Waals surface area contributed by atoms with E-state index in [-0.39, 0.29) is 11.3 Å². The first-order valence-corrected chi connectivity index (χ1v) is 7.96. The SMILES string of the molecule is O=C(Nc1ccc(C(=O)Oc2ccccc2)cc1)c1ccc([N+](=O)[O-])cc1. The van der Waals surface area contributed by atoms with E-state index in [0.29, 0.717) is 17.0 Å². The van der Waals surface area contributed by atoms with E-state index in [4.69, 9.17) is 4.74 Å². The molecule has 0 aromatic heterocycles. The lowest BCUT2D eigenvalue weighted by molar-refractivity contribution is -0.384. The molecule has 1 amide bonds. The van der Waals surface area contributed by atoms with Crippen LogP contribution in [-0.2, 0) is 0 Å². The Morgan fingerprint density at radius 1 is 0.815 bits per heavy atom. The zero-order valence-corrected chi connectivity index (χ0v) is 14.0. The number of benzene rings is 3. The molecule has 7 heteroatoms. The number of carbonyl (C=O) groups excluding carboxylic acids is 2. The molecule has 0 aliphatic carbocycles. The van der Waals surface area contributed by atoms with Crippen molar-refractivity contribution in [2.45, 2.75) is 0 Å². The molecule has 0 atom stereocenters. The molecule has 0 aliphatic rings. The molecule has 0 saturated heterocycles. The van der Waals surface area contributed by atoms with Gasteiger partial charge < -0.3 is 10.1 Å². The molecule has 0 bridgehead atoms. The van der Waals surface area contributed by atoms with Gasteiger partial charge in [0.15, 0.2) is 0 Å². The highest BCUT2D eigenvalue weighted by atomic mass is 16.6. The third kappa shape index (κ3) is 4.55. The molecule has 3 rings (SSSR count). The fourth-order valence-electron chi connectivity index (χ4n) is 2.28. The van der Waals surface area contributed by atoms with Crippen molar-refractivity contribution >= 4 is 23.3 Å². The quantitative estimate of drug-likeness (QED) is 0.319. The first-order valence-electron chi connectivity index (χ1n) is 7.96. The van der Waals surface area contributed by atoms with Crippen LogP contribution in [0.5, 0.6) is 5.75 Å². The van der Waals surface area contributed by atoms with Gasteiger partial charge in [0.2, 0.25) is 0 Å². The van der Waals surface area contributed by atoms with Gasteiger partial charge >= 0.3 is 5.97 Å². The summed E-state index contributed by atoms with van der Waals surface area (Å²) in [5.74, 6) is -0.475. The number of rotatable bonds is 5. The minimum Gasteiger partial charge on any atom is -0.423 e. The molecule has 0 saturated carbocycles. The third-order valence-electron chi connectivity index (χ3n) is 3.67. The van der Waals surface area contributed by atoms with E-state index in [1.165, 1.54) is 36.4 Å². The van der Waals surface area contributed by atoms with Crippen LogP contribution in [0.3, 0.4) is 0 Å². The summed E-state index contributed by atoms with van der Waals surface area (Å²) in [6.45, 7) is 0. The summed E-state index contributed by atoms with van der Waals surface area (Å²) in [6.07, 6.45) is 0.